The van der Waals surface area contributed by atoms with E-state index in [-0.39, 0.29) is 0 Å². The standard InChI is InChI=1S/C15H20N2O/c1-11-4-3-7-16-15(11)10-17-12-5-2-6-13(17)9-14(18)8-12/h3-4,7,12-13H,2,5-6,8-10H2,1H3. The lowest BCUT2D eigenvalue weighted by atomic mass is 9.83. The van der Waals surface area contributed by atoms with Crippen molar-refractivity contribution < 1.29 is 4.79 Å². The fourth-order valence-electron chi connectivity index (χ4n) is 3.38. The fraction of sp³-hybridized carbons (Fsp3) is 0.600. The summed E-state index contributed by atoms with van der Waals surface area (Å²) in [6.07, 6.45) is 7.00. The Morgan fingerprint density at radius 2 is 2.06 bits per heavy atom. The molecular formula is C15H20N2O. The van der Waals surface area contributed by atoms with Crippen LogP contribution in [0.15, 0.2) is 18.3 Å². The molecule has 3 heterocycles. The smallest absolute Gasteiger partial charge is 0.136 e. The number of ketones is 1. The number of rotatable bonds is 2. The van der Waals surface area contributed by atoms with Gasteiger partial charge in [-0.15, -0.1) is 0 Å². The van der Waals surface area contributed by atoms with E-state index in [9.17, 15) is 4.79 Å². The second-order valence-corrected chi connectivity index (χ2v) is 5.62. The third-order valence-electron chi connectivity index (χ3n) is 4.39. The monoisotopic (exact) mass is 244 g/mol. The number of aromatic nitrogens is 1. The van der Waals surface area contributed by atoms with Gasteiger partial charge in [0, 0.05) is 37.7 Å². The Morgan fingerprint density at radius 1 is 1.33 bits per heavy atom. The molecule has 0 N–H and O–H groups in total. The summed E-state index contributed by atoms with van der Waals surface area (Å²) in [7, 11) is 0. The molecule has 0 aromatic carbocycles. The van der Waals surface area contributed by atoms with Crippen molar-refractivity contribution in [1.29, 1.82) is 0 Å². The quantitative estimate of drug-likeness (QED) is 0.801. The minimum atomic E-state index is 0.457. The number of piperidine rings is 2. The predicted octanol–water partition coefficient (Wildman–Crippen LogP) is 2.48. The van der Waals surface area contributed by atoms with Crippen molar-refractivity contribution in [3.8, 4) is 0 Å². The van der Waals surface area contributed by atoms with Crippen LogP contribution in [0.2, 0.25) is 0 Å². The zero-order valence-corrected chi connectivity index (χ0v) is 10.9. The lowest BCUT2D eigenvalue weighted by Crippen LogP contribution is -2.51. The van der Waals surface area contributed by atoms with Crippen LogP contribution in [-0.2, 0) is 11.3 Å². The summed E-state index contributed by atoms with van der Waals surface area (Å²) in [4.78, 5) is 18.7. The van der Waals surface area contributed by atoms with Gasteiger partial charge in [-0.25, -0.2) is 0 Å². The van der Waals surface area contributed by atoms with Gasteiger partial charge in [-0.1, -0.05) is 12.5 Å². The number of hydrogen-bond donors (Lipinski definition) is 0. The van der Waals surface area contributed by atoms with Gasteiger partial charge in [0.1, 0.15) is 5.78 Å². The van der Waals surface area contributed by atoms with E-state index >= 15 is 0 Å². The number of Topliss-reactive ketones (excluding diaryl/α,β-unsaturated/α-hetero) is 1. The van der Waals surface area contributed by atoms with E-state index in [1.165, 1.54) is 30.5 Å². The molecule has 2 unspecified atom stereocenters. The van der Waals surface area contributed by atoms with Crippen molar-refractivity contribution in [1.82, 2.24) is 9.88 Å². The van der Waals surface area contributed by atoms with Gasteiger partial charge in [-0.2, -0.15) is 0 Å². The second kappa shape index (κ2) is 4.81. The molecule has 3 nitrogen and oxygen atoms in total. The van der Waals surface area contributed by atoms with Crippen LogP contribution in [0.25, 0.3) is 0 Å². The summed E-state index contributed by atoms with van der Waals surface area (Å²) in [5.74, 6) is 0.457. The van der Waals surface area contributed by atoms with Gasteiger partial charge in [0.2, 0.25) is 0 Å². The van der Waals surface area contributed by atoms with Gasteiger partial charge in [-0.05, 0) is 31.4 Å². The number of carbonyl (C=O) groups excluding carboxylic acids is 1. The largest absolute Gasteiger partial charge is 0.300 e. The topological polar surface area (TPSA) is 33.2 Å². The highest BCUT2D eigenvalue weighted by atomic mass is 16.1. The predicted molar refractivity (Wildman–Crippen MR) is 70.2 cm³/mol. The van der Waals surface area contributed by atoms with E-state index in [1.54, 1.807) is 0 Å². The first-order valence-corrected chi connectivity index (χ1v) is 6.92. The van der Waals surface area contributed by atoms with Crippen molar-refractivity contribution in [3.05, 3.63) is 29.6 Å². The highest BCUT2D eigenvalue weighted by Crippen LogP contribution is 2.33. The summed E-state index contributed by atoms with van der Waals surface area (Å²) in [5.41, 5.74) is 2.43. The highest BCUT2D eigenvalue weighted by Gasteiger charge is 2.37. The molecule has 0 spiro atoms. The summed E-state index contributed by atoms with van der Waals surface area (Å²) >= 11 is 0. The fourth-order valence-corrected chi connectivity index (χ4v) is 3.38. The number of hydrogen-bond acceptors (Lipinski definition) is 3. The van der Waals surface area contributed by atoms with Crippen molar-refractivity contribution in [2.45, 2.75) is 57.7 Å². The minimum absolute atomic E-state index is 0.457. The van der Waals surface area contributed by atoms with Gasteiger partial charge in [0.05, 0.1) is 5.69 Å². The molecule has 0 radical (unpaired) electrons. The van der Waals surface area contributed by atoms with Crippen LogP contribution in [0.5, 0.6) is 0 Å². The summed E-state index contributed by atoms with van der Waals surface area (Å²) in [5, 5.41) is 0. The van der Waals surface area contributed by atoms with Crippen molar-refractivity contribution in [3.63, 3.8) is 0 Å². The first-order valence-electron chi connectivity index (χ1n) is 6.92. The molecule has 1 aromatic heterocycles. The maximum atomic E-state index is 11.7. The van der Waals surface area contributed by atoms with Crippen LogP contribution in [-0.4, -0.2) is 27.8 Å². The number of fused-ring (bicyclic) bond motifs is 2. The van der Waals surface area contributed by atoms with Crippen molar-refractivity contribution in [2.24, 2.45) is 0 Å². The molecule has 3 heteroatoms. The van der Waals surface area contributed by atoms with Crippen LogP contribution >= 0.6 is 0 Å². The molecule has 0 amide bonds. The maximum Gasteiger partial charge on any atom is 0.136 e. The van der Waals surface area contributed by atoms with Gasteiger partial charge in [0.15, 0.2) is 0 Å². The van der Waals surface area contributed by atoms with Crippen LogP contribution in [0.3, 0.4) is 0 Å². The first-order chi connectivity index (χ1) is 8.74. The van der Waals surface area contributed by atoms with Gasteiger partial charge in [-0.3, -0.25) is 14.7 Å². The molecule has 2 bridgehead atoms. The molecule has 2 atom stereocenters. The first kappa shape index (κ1) is 11.8. The SMILES string of the molecule is Cc1cccnc1CN1C2CCCC1CC(=O)C2. The van der Waals surface area contributed by atoms with Gasteiger partial charge >= 0.3 is 0 Å². The van der Waals surface area contributed by atoms with Gasteiger partial charge < -0.3 is 0 Å². The second-order valence-electron chi connectivity index (χ2n) is 5.62. The molecule has 3 rings (SSSR count). The molecule has 2 saturated heterocycles. The Bertz CT molecular complexity index is 442. The third kappa shape index (κ3) is 2.19. The molecular weight excluding hydrogens is 224 g/mol. The summed E-state index contributed by atoms with van der Waals surface area (Å²) < 4.78 is 0. The zero-order valence-electron chi connectivity index (χ0n) is 10.9. The van der Waals surface area contributed by atoms with E-state index in [0.717, 1.165) is 19.4 Å². The Labute approximate surface area is 108 Å². The number of aryl methyl sites for hydroxylation is 1. The van der Waals surface area contributed by atoms with Crippen LogP contribution in [0, 0.1) is 6.92 Å². The number of pyridine rings is 1. The summed E-state index contributed by atoms with van der Waals surface area (Å²) in [6, 6.07) is 5.03. The molecule has 2 aliphatic heterocycles. The Kier molecular flexibility index (Phi) is 3.16. The normalized spacial score (nSPS) is 28.4. The molecule has 2 fully saturated rings. The molecule has 0 saturated carbocycles. The number of nitrogens with zero attached hydrogens (tertiary/aromatic N) is 2. The van der Waals surface area contributed by atoms with Crippen LogP contribution < -0.4 is 0 Å². The van der Waals surface area contributed by atoms with Crippen molar-refractivity contribution >= 4 is 5.78 Å². The third-order valence-corrected chi connectivity index (χ3v) is 4.39. The average molecular weight is 244 g/mol. The van der Waals surface area contributed by atoms with Crippen LogP contribution in [0.1, 0.15) is 43.4 Å². The summed E-state index contributed by atoms with van der Waals surface area (Å²) in [6.45, 7) is 3.03. The molecule has 18 heavy (non-hydrogen) atoms. The lowest BCUT2D eigenvalue weighted by Gasteiger charge is -2.45. The molecule has 96 valence electrons. The van der Waals surface area contributed by atoms with E-state index in [4.69, 9.17) is 0 Å². The van der Waals surface area contributed by atoms with E-state index in [0.29, 0.717) is 17.9 Å². The zero-order chi connectivity index (χ0) is 12.5. The Hall–Kier alpha value is -1.22. The highest BCUT2D eigenvalue weighted by molar-refractivity contribution is 5.80. The number of carbonyl (C=O) groups is 1. The van der Waals surface area contributed by atoms with E-state index < -0.39 is 0 Å². The van der Waals surface area contributed by atoms with Crippen molar-refractivity contribution in [2.75, 3.05) is 0 Å². The Morgan fingerprint density at radius 3 is 2.72 bits per heavy atom. The van der Waals surface area contributed by atoms with Gasteiger partial charge in [0.25, 0.3) is 0 Å². The molecule has 1 aromatic rings. The average Bonchev–Trinajstić information content (AvgIpc) is 2.33. The van der Waals surface area contributed by atoms with E-state index in [2.05, 4.69) is 22.9 Å². The van der Waals surface area contributed by atoms with Crippen LogP contribution in [0.4, 0.5) is 0 Å². The lowest BCUT2D eigenvalue weighted by molar-refractivity contribution is -0.127. The molecule has 0 aliphatic carbocycles. The van der Waals surface area contributed by atoms with E-state index in [1.807, 2.05) is 12.3 Å². The maximum absolute atomic E-state index is 11.7. The Balaban J connectivity index is 1.80. The minimum Gasteiger partial charge on any atom is -0.300 e. The molecule has 2 aliphatic rings.